The lowest BCUT2D eigenvalue weighted by molar-refractivity contribution is -0.117. The lowest BCUT2D eigenvalue weighted by Crippen LogP contribution is -2.44. The largest absolute Gasteiger partial charge is 0.358 e. The van der Waals surface area contributed by atoms with E-state index in [1.165, 1.54) is 5.56 Å². The summed E-state index contributed by atoms with van der Waals surface area (Å²) in [4.78, 5) is 29.7. The van der Waals surface area contributed by atoms with Crippen molar-refractivity contribution in [1.82, 2.24) is 10.2 Å². The SMILES string of the molecule is O=C(N[C@H]1CCN(Cc2ccccc2)C1)c1ccc2c(c1)NC(=O)[C@H]1CCCN21. The van der Waals surface area contributed by atoms with Gasteiger partial charge in [-0.1, -0.05) is 30.3 Å². The Balaban J connectivity index is 1.23. The fraction of sp³-hybridized carbons (Fsp3) is 0.391. The lowest BCUT2D eigenvalue weighted by Gasteiger charge is -2.33. The summed E-state index contributed by atoms with van der Waals surface area (Å²) < 4.78 is 0. The fourth-order valence-electron chi connectivity index (χ4n) is 4.78. The molecule has 2 saturated heterocycles. The Hall–Kier alpha value is -2.86. The van der Waals surface area contributed by atoms with Gasteiger partial charge in [0.1, 0.15) is 6.04 Å². The molecule has 2 aromatic carbocycles. The highest BCUT2D eigenvalue weighted by molar-refractivity contribution is 6.06. The number of hydrogen-bond donors (Lipinski definition) is 2. The molecule has 2 amide bonds. The first-order chi connectivity index (χ1) is 14.2. The number of anilines is 2. The summed E-state index contributed by atoms with van der Waals surface area (Å²) in [7, 11) is 0. The molecule has 29 heavy (non-hydrogen) atoms. The van der Waals surface area contributed by atoms with Crippen molar-refractivity contribution in [2.24, 2.45) is 0 Å². The molecule has 150 valence electrons. The summed E-state index contributed by atoms with van der Waals surface area (Å²) in [5, 5.41) is 6.15. The van der Waals surface area contributed by atoms with Crippen LogP contribution in [0, 0.1) is 0 Å². The van der Waals surface area contributed by atoms with Gasteiger partial charge in [-0.2, -0.15) is 0 Å². The van der Waals surface area contributed by atoms with Gasteiger partial charge in [0.05, 0.1) is 11.4 Å². The average molecular weight is 390 g/mol. The van der Waals surface area contributed by atoms with Gasteiger partial charge < -0.3 is 15.5 Å². The molecule has 2 aromatic rings. The van der Waals surface area contributed by atoms with Gasteiger partial charge in [-0.15, -0.1) is 0 Å². The molecule has 2 N–H and O–H groups in total. The Labute approximate surface area is 170 Å². The van der Waals surface area contributed by atoms with Gasteiger partial charge >= 0.3 is 0 Å². The van der Waals surface area contributed by atoms with Crippen molar-refractivity contribution in [1.29, 1.82) is 0 Å². The van der Waals surface area contributed by atoms with Crippen LogP contribution in [0.15, 0.2) is 48.5 Å². The molecule has 0 aliphatic carbocycles. The number of carbonyl (C=O) groups excluding carboxylic acids is 2. The van der Waals surface area contributed by atoms with Crippen molar-refractivity contribution in [3.05, 3.63) is 59.7 Å². The second-order valence-electron chi connectivity index (χ2n) is 8.25. The molecule has 6 nitrogen and oxygen atoms in total. The number of benzene rings is 2. The Morgan fingerprint density at radius 2 is 1.97 bits per heavy atom. The molecule has 3 aliphatic heterocycles. The fourth-order valence-corrected chi connectivity index (χ4v) is 4.78. The number of fused-ring (bicyclic) bond motifs is 3. The summed E-state index contributed by atoms with van der Waals surface area (Å²) in [6.07, 6.45) is 2.88. The van der Waals surface area contributed by atoms with Gasteiger partial charge in [-0.05, 0) is 43.0 Å². The zero-order valence-corrected chi connectivity index (χ0v) is 16.4. The molecule has 0 unspecified atom stereocenters. The van der Waals surface area contributed by atoms with E-state index in [-0.39, 0.29) is 23.9 Å². The Bertz CT molecular complexity index is 930. The van der Waals surface area contributed by atoms with E-state index in [0.29, 0.717) is 5.56 Å². The normalized spacial score (nSPS) is 23.4. The predicted octanol–water partition coefficient (Wildman–Crippen LogP) is 2.61. The Kier molecular flexibility index (Phi) is 4.72. The Morgan fingerprint density at radius 3 is 2.83 bits per heavy atom. The molecule has 2 atom stereocenters. The smallest absolute Gasteiger partial charge is 0.251 e. The molecule has 0 spiro atoms. The summed E-state index contributed by atoms with van der Waals surface area (Å²) in [5.74, 6) is -0.0305. The van der Waals surface area contributed by atoms with Crippen molar-refractivity contribution >= 4 is 23.2 Å². The zero-order valence-electron chi connectivity index (χ0n) is 16.4. The quantitative estimate of drug-likeness (QED) is 0.842. The van der Waals surface area contributed by atoms with Crippen LogP contribution in [0.5, 0.6) is 0 Å². The van der Waals surface area contributed by atoms with Gasteiger partial charge in [-0.25, -0.2) is 0 Å². The number of nitrogens with one attached hydrogen (secondary N) is 2. The van der Waals surface area contributed by atoms with Crippen molar-refractivity contribution in [3.63, 3.8) is 0 Å². The lowest BCUT2D eigenvalue weighted by atomic mass is 10.1. The Morgan fingerprint density at radius 1 is 1.10 bits per heavy atom. The van der Waals surface area contributed by atoms with Gasteiger partial charge in [0.25, 0.3) is 5.91 Å². The van der Waals surface area contributed by atoms with Crippen LogP contribution in [-0.2, 0) is 11.3 Å². The van der Waals surface area contributed by atoms with Crippen molar-refractivity contribution in [3.8, 4) is 0 Å². The summed E-state index contributed by atoms with van der Waals surface area (Å²) >= 11 is 0. The standard InChI is InChI=1S/C23H26N4O2/c28-22(24-18-10-12-26(15-18)14-16-5-2-1-3-6-16)17-8-9-20-19(13-17)25-23(29)21-7-4-11-27(20)21/h1-3,5-6,8-9,13,18,21H,4,7,10-12,14-15H2,(H,24,28)(H,25,29)/t18-,21+/m0/s1. The second kappa shape index (κ2) is 7.52. The maximum Gasteiger partial charge on any atom is 0.251 e. The molecule has 6 heteroatoms. The molecule has 3 heterocycles. The van der Waals surface area contributed by atoms with Crippen LogP contribution in [0.1, 0.15) is 35.2 Å². The third kappa shape index (κ3) is 3.60. The third-order valence-electron chi connectivity index (χ3n) is 6.24. The minimum atomic E-state index is -0.0721. The molecule has 5 rings (SSSR count). The number of amides is 2. The zero-order chi connectivity index (χ0) is 19.8. The van der Waals surface area contributed by atoms with E-state index < -0.39 is 0 Å². The van der Waals surface area contributed by atoms with Crippen LogP contribution >= 0.6 is 0 Å². The van der Waals surface area contributed by atoms with Gasteiger partial charge in [-0.3, -0.25) is 14.5 Å². The van der Waals surface area contributed by atoms with Gasteiger partial charge in [0, 0.05) is 37.8 Å². The maximum atomic E-state index is 12.8. The number of carbonyl (C=O) groups is 2. The molecule has 3 aliphatic rings. The molecule has 0 saturated carbocycles. The van der Waals surface area contributed by atoms with Gasteiger partial charge in [0.15, 0.2) is 0 Å². The molecule has 0 bridgehead atoms. The first-order valence-electron chi connectivity index (χ1n) is 10.5. The number of nitrogens with zero attached hydrogens (tertiary/aromatic N) is 2. The summed E-state index contributed by atoms with van der Waals surface area (Å²) in [5.41, 5.74) is 3.67. The topological polar surface area (TPSA) is 64.7 Å². The van der Waals surface area contributed by atoms with Crippen molar-refractivity contribution in [2.75, 3.05) is 29.9 Å². The average Bonchev–Trinajstić information content (AvgIpc) is 3.39. The highest BCUT2D eigenvalue weighted by atomic mass is 16.2. The van der Waals surface area contributed by atoms with Crippen LogP contribution in [0.4, 0.5) is 11.4 Å². The minimum absolute atomic E-state index is 0.0416. The maximum absolute atomic E-state index is 12.8. The van der Waals surface area contributed by atoms with Crippen LogP contribution in [-0.4, -0.2) is 48.4 Å². The van der Waals surface area contributed by atoms with Gasteiger partial charge in [0.2, 0.25) is 5.91 Å². The summed E-state index contributed by atoms with van der Waals surface area (Å²) in [6, 6.07) is 16.2. The highest BCUT2D eigenvalue weighted by Gasteiger charge is 2.36. The third-order valence-corrected chi connectivity index (χ3v) is 6.24. The van der Waals surface area contributed by atoms with Crippen molar-refractivity contribution < 1.29 is 9.59 Å². The second-order valence-corrected chi connectivity index (χ2v) is 8.25. The number of rotatable bonds is 4. The van der Waals surface area contributed by atoms with E-state index in [1.807, 2.05) is 24.3 Å². The van der Waals surface area contributed by atoms with Crippen LogP contribution < -0.4 is 15.5 Å². The van der Waals surface area contributed by atoms with Crippen molar-refractivity contribution in [2.45, 2.75) is 37.9 Å². The highest BCUT2D eigenvalue weighted by Crippen LogP contribution is 2.37. The number of likely N-dealkylation sites (tertiary alicyclic amines) is 1. The first kappa shape index (κ1) is 18.2. The summed E-state index contributed by atoms with van der Waals surface area (Å²) in [6.45, 7) is 3.65. The van der Waals surface area contributed by atoms with E-state index in [9.17, 15) is 9.59 Å². The molecule has 2 fully saturated rings. The molecular weight excluding hydrogens is 364 g/mol. The predicted molar refractivity (Wildman–Crippen MR) is 113 cm³/mol. The van der Waals surface area contributed by atoms with E-state index in [4.69, 9.17) is 0 Å². The number of hydrogen-bond acceptors (Lipinski definition) is 4. The molecular formula is C23H26N4O2. The van der Waals surface area contributed by atoms with Crippen LogP contribution in [0.2, 0.25) is 0 Å². The van der Waals surface area contributed by atoms with E-state index in [2.05, 4.69) is 44.7 Å². The molecule has 0 aromatic heterocycles. The first-order valence-corrected chi connectivity index (χ1v) is 10.5. The minimum Gasteiger partial charge on any atom is -0.358 e. The van der Waals surface area contributed by atoms with E-state index >= 15 is 0 Å². The molecule has 0 radical (unpaired) electrons. The van der Waals surface area contributed by atoms with Crippen LogP contribution in [0.25, 0.3) is 0 Å². The monoisotopic (exact) mass is 390 g/mol. The van der Waals surface area contributed by atoms with Crippen LogP contribution in [0.3, 0.4) is 0 Å². The van der Waals surface area contributed by atoms with E-state index in [0.717, 1.165) is 56.8 Å². The van der Waals surface area contributed by atoms with E-state index in [1.54, 1.807) is 0 Å².